The Kier molecular flexibility index (Phi) is 7.54. The maximum Gasteiger partial charge on any atom is 0.0992 e. The van der Waals surface area contributed by atoms with Crippen molar-refractivity contribution in [2.24, 2.45) is 0 Å². The van der Waals surface area contributed by atoms with Crippen molar-refractivity contribution in [3.8, 4) is 28.3 Å². The highest BCUT2D eigenvalue weighted by Crippen LogP contribution is 2.38. The maximum absolute atomic E-state index is 9.28. The highest BCUT2D eigenvalue weighted by molar-refractivity contribution is 5.89. The van der Waals surface area contributed by atoms with Crippen LogP contribution in [0.4, 0.5) is 28.4 Å². The zero-order chi connectivity index (χ0) is 30.6. The molecule has 214 valence electrons. The van der Waals surface area contributed by atoms with Gasteiger partial charge in [0.15, 0.2) is 0 Å². The molecular weight excluding hydrogens is 546 g/mol. The monoisotopic (exact) mass is 577 g/mol. The summed E-state index contributed by atoms with van der Waals surface area (Å²) in [5.74, 6) is 0. The van der Waals surface area contributed by atoms with E-state index >= 15 is 0 Å². The summed E-state index contributed by atoms with van der Waals surface area (Å²) in [6.07, 6.45) is 0. The zero-order valence-electron chi connectivity index (χ0n) is 25.0. The van der Waals surface area contributed by atoms with Crippen molar-refractivity contribution < 1.29 is 0 Å². The summed E-state index contributed by atoms with van der Waals surface area (Å²) in [4.78, 5) is 4.41. The molecule has 0 saturated heterocycles. The predicted octanol–water partition coefficient (Wildman–Crippen LogP) is 11.3. The molecule has 3 nitrogen and oxygen atoms in total. The molecule has 0 aliphatic rings. The Bertz CT molecular complexity index is 2110. The molecule has 0 fully saturated rings. The number of nitrogens with zero attached hydrogens (tertiary/aromatic N) is 3. The first-order valence-corrected chi connectivity index (χ1v) is 15.1. The van der Waals surface area contributed by atoms with Crippen LogP contribution in [0.5, 0.6) is 0 Å². The van der Waals surface area contributed by atoms with Crippen molar-refractivity contribution in [1.82, 2.24) is 0 Å². The summed E-state index contributed by atoms with van der Waals surface area (Å²) in [6, 6.07) is 61.6. The van der Waals surface area contributed by atoms with Gasteiger partial charge in [-0.3, -0.25) is 0 Å². The van der Waals surface area contributed by atoms with Gasteiger partial charge in [-0.1, -0.05) is 103 Å². The average Bonchev–Trinajstić information content (AvgIpc) is 3.12. The number of anilines is 5. The molecule has 0 unspecified atom stereocenters. The molecule has 0 saturated carbocycles. The minimum absolute atomic E-state index is 0.654. The van der Waals surface area contributed by atoms with Gasteiger partial charge >= 0.3 is 0 Å². The van der Waals surface area contributed by atoms with Crippen LogP contribution in [-0.4, -0.2) is 7.05 Å². The van der Waals surface area contributed by atoms with E-state index in [1.54, 1.807) is 0 Å². The van der Waals surface area contributed by atoms with Crippen molar-refractivity contribution in [3.63, 3.8) is 0 Å². The van der Waals surface area contributed by atoms with Crippen LogP contribution in [0, 0.1) is 11.3 Å². The van der Waals surface area contributed by atoms with Gasteiger partial charge in [-0.05, 0) is 99.8 Å². The van der Waals surface area contributed by atoms with Crippen LogP contribution < -0.4 is 9.80 Å². The van der Waals surface area contributed by atoms with E-state index in [1.807, 2.05) is 37.4 Å². The fourth-order valence-electron chi connectivity index (χ4n) is 5.81. The van der Waals surface area contributed by atoms with Crippen LogP contribution in [0.15, 0.2) is 170 Å². The minimum Gasteiger partial charge on any atom is -0.345 e. The Labute approximate surface area is 264 Å². The normalized spacial score (nSPS) is 10.8. The first-order valence-electron chi connectivity index (χ1n) is 15.1. The number of benzene rings is 7. The molecule has 45 heavy (non-hydrogen) atoms. The molecule has 7 aromatic rings. The van der Waals surface area contributed by atoms with E-state index in [-0.39, 0.29) is 0 Å². The minimum atomic E-state index is 0.654. The molecule has 7 aromatic carbocycles. The summed E-state index contributed by atoms with van der Waals surface area (Å²) in [5.41, 5.74) is 10.7. The van der Waals surface area contributed by atoms with Crippen LogP contribution in [0.3, 0.4) is 0 Å². The first kappa shape index (κ1) is 27.7. The third-order valence-corrected chi connectivity index (χ3v) is 8.30. The molecule has 0 heterocycles. The largest absolute Gasteiger partial charge is 0.345 e. The van der Waals surface area contributed by atoms with Gasteiger partial charge < -0.3 is 9.80 Å². The SMILES string of the molecule is CN(c1ccc(-c2ccc(N(c3ccc(-c4ccccc4)cc3)c3ccc4ccccc4c3)cc2)cc1)c1cccc(C#N)c1. The van der Waals surface area contributed by atoms with Crippen LogP contribution in [0.25, 0.3) is 33.0 Å². The molecule has 0 spiro atoms. The summed E-state index contributed by atoms with van der Waals surface area (Å²) < 4.78 is 0. The van der Waals surface area contributed by atoms with Crippen LogP contribution in [0.1, 0.15) is 5.56 Å². The van der Waals surface area contributed by atoms with E-state index in [9.17, 15) is 5.26 Å². The van der Waals surface area contributed by atoms with Gasteiger partial charge in [0.2, 0.25) is 0 Å². The van der Waals surface area contributed by atoms with Crippen LogP contribution in [-0.2, 0) is 0 Å². The average molecular weight is 578 g/mol. The van der Waals surface area contributed by atoms with E-state index in [1.165, 1.54) is 21.9 Å². The number of hydrogen-bond acceptors (Lipinski definition) is 3. The molecule has 0 aromatic heterocycles. The zero-order valence-corrected chi connectivity index (χ0v) is 25.0. The van der Waals surface area contributed by atoms with Gasteiger partial charge in [0.25, 0.3) is 0 Å². The summed E-state index contributed by atoms with van der Waals surface area (Å²) in [7, 11) is 2.02. The van der Waals surface area contributed by atoms with E-state index in [0.29, 0.717) is 5.56 Å². The van der Waals surface area contributed by atoms with Gasteiger partial charge in [0.05, 0.1) is 11.6 Å². The second kappa shape index (κ2) is 12.2. The van der Waals surface area contributed by atoms with Gasteiger partial charge in [-0.15, -0.1) is 0 Å². The Morgan fingerprint density at radius 1 is 0.400 bits per heavy atom. The summed E-state index contributed by atoms with van der Waals surface area (Å²) in [5, 5.41) is 11.7. The maximum atomic E-state index is 9.28. The lowest BCUT2D eigenvalue weighted by atomic mass is 10.0. The second-order valence-electron chi connectivity index (χ2n) is 11.1. The molecule has 0 aliphatic carbocycles. The van der Waals surface area contributed by atoms with Gasteiger partial charge in [-0.25, -0.2) is 0 Å². The fraction of sp³-hybridized carbons (Fsp3) is 0.0238. The molecule has 0 amide bonds. The highest BCUT2D eigenvalue weighted by Gasteiger charge is 2.14. The van der Waals surface area contributed by atoms with Crippen molar-refractivity contribution in [1.29, 1.82) is 5.26 Å². The quantitative estimate of drug-likeness (QED) is 0.189. The molecule has 3 heteroatoms. The molecule has 0 radical (unpaired) electrons. The number of fused-ring (bicyclic) bond motifs is 1. The second-order valence-corrected chi connectivity index (χ2v) is 11.1. The lowest BCUT2D eigenvalue weighted by molar-refractivity contribution is 1.21. The van der Waals surface area contributed by atoms with E-state index in [4.69, 9.17) is 0 Å². The Morgan fingerprint density at radius 3 is 1.51 bits per heavy atom. The van der Waals surface area contributed by atoms with Crippen LogP contribution >= 0.6 is 0 Å². The number of hydrogen-bond donors (Lipinski definition) is 0. The molecule has 0 atom stereocenters. The van der Waals surface area contributed by atoms with E-state index in [0.717, 1.165) is 39.6 Å². The Hall–Kier alpha value is -6.11. The van der Waals surface area contributed by atoms with E-state index in [2.05, 4.69) is 155 Å². The van der Waals surface area contributed by atoms with Crippen molar-refractivity contribution in [2.75, 3.05) is 16.8 Å². The fourth-order valence-corrected chi connectivity index (χ4v) is 5.81. The molecule has 0 aliphatic heterocycles. The molecule has 0 N–H and O–H groups in total. The Morgan fingerprint density at radius 2 is 0.911 bits per heavy atom. The van der Waals surface area contributed by atoms with Crippen molar-refractivity contribution in [2.45, 2.75) is 0 Å². The lowest BCUT2D eigenvalue weighted by Crippen LogP contribution is -2.10. The summed E-state index contributed by atoms with van der Waals surface area (Å²) >= 11 is 0. The predicted molar refractivity (Wildman–Crippen MR) is 189 cm³/mol. The molecule has 0 bridgehead atoms. The number of rotatable bonds is 7. The molecule has 7 rings (SSSR count). The topological polar surface area (TPSA) is 30.3 Å². The van der Waals surface area contributed by atoms with Crippen molar-refractivity contribution >= 4 is 39.2 Å². The standard InChI is InChI=1S/C42H31N3/c1-44(41-13-7-8-31(28-41)30-43)38-21-14-35(15-22-38)36-18-25-40(26-19-36)45(42-27-20-33-11-5-6-12-37(33)29-42)39-23-16-34(17-24-39)32-9-3-2-4-10-32/h2-29H,1H3. The van der Waals surface area contributed by atoms with Crippen LogP contribution in [0.2, 0.25) is 0 Å². The van der Waals surface area contributed by atoms with Gasteiger partial charge in [0, 0.05) is 35.5 Å². The Balaban J connectivity index is 1.20. The smallest absolute Gasteiger partial charge is 0.0992 e. The number of nitriles is 1. The highest BCUT2D eigenvalue weighted by atomic mass is 15.1. The van der Waals surface area contributed by atoms with Gasteiger partial charge in [0.1, 0.15) is 0 Å². The lowest BCUT2D eigenvalue weighted by Gasteiger charge is -2.26. The van der Waals surface area contributed by atoms with E-state index < -0.39 is 0 Å². The molecular formula is C42H31N3. The first-order chi connectivity index (χ1) is 22.2. The third-order valence-electron chi connectivity index (χ3n) is 8.30. The third kappa shape index (κ3) is 5.78. The summed E-state index contributed by atoms with van der Waals surface area (Å²) in [6.45, 7) is 0. The van der Waals surface area contributed by atoms with Gasteiger partial charge in [-0.2, -0.15) is 5.26 Å². The van der Waals surface area contributed by atoms with Crippen molar-refractivity contribution in [3.05, 3.63) is 175 Å².